The molecule has 0 amide bonds. The second kappa shape index (κ2) is 5.38. The molecule has 0 spiro atoms. The van der Waals surface area contributed by atoms with E-state index in [9.17, 15) is 0 Å². The van der Waals surface area contributed by atoms with Gasteiger partial charge >= 0.3 is 0 Å². The summed E-state index contributed by atoms with van der Waals surface area (Å²) in [4.78, 5) is 0. The third-order valence-corrected chi connectivity index (χ3v) is 2.25. The lowest BCUT2D eigenvalue weighted by Crippen LogP contribution is -2.15. The summed E-state index contributed by atoms with van der Waals surface area (Å²) >= 11 is 0. The van der Waals surface area contributed by atoms with E-state index in [0.29, 0.717) is 12.1 Å². The van der Waals surface area contributed by atoms with Gasteiger partial charge in [-0.15, -0.1) is 0 Å². The molecule has 15 heavy (non-hydrogen) atoms. The highest BCUT2D eigenvalue weighted by molar-refractivity contribution is 5.58. The van der Waals surface area contributed by atoms with Gasteiger partial charge in [-0.2, -0.15) is 5.26 Å². The molecule has 1 aromatic rings. The number of aliphatic hydroxyl groups is 1. The largest absolute Gasteiger partial charge is 0.396 e. The van der Waals surface area contributed by atoms with Gasteiger partial charge in [0, 0.05) is 13.2 Å². The smallest absolute Gasteiger partial charge is 0.101 e. The fourth-order valence-corrected chi connectivity index (χ4v) is 1.25. The van der Waals surface area contributed by atoms with Gasteiger partial charge in [-0.05, 0) is 30.5 Å². The molecule has 3 heteroatoms. The number of hydrogen-bond donors (Lipinski definition) is 2. The van der Waals surface area contributed by atoms with Gasteiger partial charge in [0.15, 0.2) is 0 Å². The maximum absolute atomic E-state index is 8.89. The van der Waals surface area contributed by atoms with Gasteiger partial charge in [-0.1, -0.05) is 13.0 Å². The van der Waals surface area contributed by atoms with Crippen molar-refractivity contribution in [1.82, 2.24) is 0 Å². The zero-order valence-corrected chi connectivity index (χ0v) is 9.12. The van der Waals surface area contributed by atoms with Crippen LogP contribution in [0.2, 0.25) is 0 Å². The molecular formula is C12H16N2O. The Bertz CT molecular complexity index is 368. The monoisotopic (exact) mass is 204 g/mol. The Labute approximate surface area is 90.4 Å². The Balaban J connectivity index is 2.75. The van der Waals surface area contributed by atoms with Crippen LogP contribution in [-0.2, 0) is 0 Å². The van der Waals surface area contributed by atoms with Crippen molar-refractivity contribution in [3.05, 3.63) is 29.3 Å². The summed E-state index contributed by atoms with van der Waals surface area (Å²) in [5, 5.41) is 21.0. The SMILES string of the molecule is Cc1ccc(C#N)c(NCC(C)CO)c1. The Morgan fingerprint density at radius 1 is 1.53 bits per heavy atom. The number of benzene rings is 1. The summed E-state index contributed by atoms with van der Waals surface area (Å²) in [6.45, 7) is 4.77. The quantitative estimate of drug-likeness (QED) is 0.787. The molecule has 0 aliphatic rings. The Morgan fingerprint density at radius 3 is 2.87 bits per heavy atom. The third-order valence-electron chi connectivity index (χ3n) is 2.25. The lowest BCUT2D eigenvalue weighted by Gasteiger charge is -2.12. The maximum atomic E-state index is 8.89. The lowest BCUT2D eigenvalue weighted by molar-refractivity contribution is 0.244. The number of nitriles is 1. The fraction of sp³-hybridized carbons (Fsp3) is 0.417. The first kappa shape index (κ1) is 11.5. The highest BCUT2D eigenvalue weighted by atomic mass is 16.3. The van der Waals surface area contributed by atoms with Gasteiger partial charge in [0.2, 0.25) is 0 Å². The van der Waals surface area contributed by atoms with E-state index in [-0.39, 0.29) is 12.5 Å². The van der Waals surface area contributed by atoms with Crippen molar-refractivity contribution >= 4 is 5.69 Å². The van der Waals surface area contributed by atoms with Crippen LogP contribution in [0.1, 0.15) is 18.1 Å². The Kier molecular flexibility index (Phi) is 4.14. The molecule has 0 fully saturated rings. The first-order chi connectivity index (χ1) is 7.17. The van der Waals surface area contributed by atoms with Crippen LogP contribution in [0.5, 0.6) is 0 Å². The molecule has 1 aromatic carbocycles. The van der Waals surface area contributed by atoms with Crippen LogP contribution >= 0.6 is 0 Å². The summed E-state index contributed by atoms with van der Waals surface area (Å²) in [7, 11) is 0. The topological polar surface area (TPSA) is 56.0 Å². The summed E-state index contributed by atoms with van der Waals surface area (Å²) in [5.41, 5.74) is 2.61. The maximum Gasteiger partial charge on any atom is 0.101 e. The molecule has 0 aromatic heterocycles. The van der Waals surface area contributed by atoms with Gasteiger partial charge in [-0.25, -0.2) is 0 Å². The van der Waals surface area contributed by atoms with Gasteiger partial charge in [0.05, 0.1) is 11.3 Å². The molecular weight excluding hydrogens is 188 g/mol. The number of aliphatic hydroxyl groups excluding tert-OH is 1. The molecule has 3 nitrogen and oxygen atoms in total. The fourth-order valence-electron chi connectivity index (χ4n) is 1.25. The standard InChI is InChI=1S/C12H16N2O/c1-9-3-4-11(6-13)12(5-9)14-7-10(2)8-15/h3-5,10,14-15H,7-8H2,1-2H3. The van der Waals surface area contributed by atoms with Crippen molar-refractivity contribution in [1.29, 1.82) is 5.26 Å². The molecule has 0 aliphatic heterocycles. The van der Waals surface area contributed by atoms with Crippen LogP contribution in [0.15, 0.2) is 18.2 Å². The number of hydrogen-bond acceptors (Lipinski definition) is 3. The number of nitrogens with zero attached hydrogens (tertiary/aromatic N) is 1. The van der Waals surface area contributed by atoms with E-state index in [2.05, 4.69) is 11.4 Å². The van der Waals surface area contributed by atoms with Crippen molar-refractivity contribution in [3.8, 4) is 6.07 Å². The van der Waals surface area contributed by atoms with E-state index in [4.69, 9.17) is 10.4 Å². The number of nitrogens with one attached hydrogen (secondary N) is 1. The van der Waals surface area contributed by atoms with Crippen LogP contribution in [0.4, 0.5) is 5.69 Å². The minimum Gasteiger partial charge on any atom is -0.396 e. The molecule has 0 saturated heterocycles. The second-order valence-electron chi connectivity index (χ2n) is 3.83. The Hall–Kier alpha value is -1.53. The zero-order chi connectivity index (χ0) is 11.3. The normalized spacial score (nSPS) is 11.9. The van der Waals surface area contributed by atoms with E-state index >= 15 is 0 Å². The minimum absolute atomic E-state index is 0.153. The minimum atomic E-state index is 0.153. The van der Waals surface area contributed by atoms with Crippen LogP contribution in [0.3, 0.4) is 0 Å². The van der Waals surface area contributed by atoms with E-state index in [1.165, 1.54) is 0 Å². The van der Waals surface area contributed by atoms with Crippen LogP contribution in [-0.4, -0.2) is 18.3 Å². The molecule has 0 radical (unpaired) electrons. The lowest BCUT2D eigenvalue weighted by atomic mass is 10.1. The first-order valence-corrected chi connectivity index (χ1v) is 5.03. The Morgan fingerprint density at radius 2 is 2.27 bits per heavy atom. The van der Waals surface area contributed by atoms with Crippen LogP contribution in [0, 0.1) is 24.2 Å². The molecule has 1 unspecified atom stereocenters. The summed E-state index contributed by atoms with van der Waals surface area (Å²) in [6.07, 6.45) is 0. The molecule has 0 aliphatic carbocycles. The van der Waals surface area contributed by atoms with E-state index in [1.807, 2.05) is 26.0 Å². The molecule has 2 N–H and O–H groups in total. The molecule has 0 saturated carbocycles. The van der Waals surface area contributed by atoms with Gasteiger partial charge in [-0.3, -0.25) is 0 Å². The highest BCUT2D eigenvalue weighted by Gasteiger charge is 2.04. The van der Waals surface area contributed by atoms with E-state index in [0.717, 1.165) is 11.3 Å². The van der Waals surface area contributed by atoms with E-state index in [1.54, 1.807) is 6.07 Å². The van der Waals surface area contributed by atoms with Crippen molar-refractivity contribution in [2.24, 2.45) is 5.92 Å². The predicted molar refractivity (Wildman–Crippen MR) is 60.6 cm³/mol. The summed E-state index contributed by atoms with van der Waals surface area (Å²) < 4.78 is 0. The van der Waals surface area contributed by atoms with Crippen molar-refractivity contribution in [2.45, 2.75) is 13.8 Å². The molecule has 80 valence electrons. The zero-order valence-electron chi connectivity index (χ0n) is 9.12. The van der Waals surface area contributed by atoms with Crippen molar-refractivity contribution in [3.63, 3.8) is 0 Å². The summed E-state index contributed by atoms with van der Waals surface area (Å²) in [5.74, 6) is 0.192. The van der Waals surface area contributed by atoms with Crippen molar-refractivity contribution in [2.75, 3.05) is 18.5 Å². The summed E-state index contributed by atoms with van der Waals surface area (Å²) in [6, 6.07) is 7.81. The average molecular weight is 204 g/mol. The number of rotatable bonds is 4. The molecule has 0 bridgehead atoms. The van der Waals surface area contributed by atoms with Gasteiger partial charge in [0.1, 0.15) is 6.07 Å². The number of aryl methyl sites for hydroxylation is 1. The predicted octanol–water partition coefficient (Wildman–Crippen LogP) is 1.91. The van der Waals surface area contributed by atoms with Crippen LogP contribution < -0.4 is 5.32 Å². The average Bonchev–Trinajstić information content (AvgIpc) is 2.26. The van der Waals surface area contributed by atoms with E-state index < -0.39 is 0 Å². The van der Waals surface area contributed by atoms with Crippen LogP contribution in [0.25, 0.3) is 0 Å². The van der Waals surface area contributed by atoms with Gasteiger partial charge < -0.3 is 10.4 Å². The first-order valence-electron chi connectivity index (χ1n) is 5.03. The molecule has 0 heterocycles. The highest BCUT2D eigenvalue weighted by Crippen LogP contribution is 2.16. The molecule has 1 rings (SSSR count). The third kappa shape index (κ3) is 3.26. The number of anilines is 1. The second-order valence-corrected chi connectivity index (χ2v) is 3.83. The van der Waals surface area contributed by atoms with Crippen molar-refractivity contribution < 1.29 is 5.11 Å². The molecule has 1 atom stereocenters. The van der Waals surface area contributed by atoms with Gasteiger partial charge in [0.25, 0.3) is 0 Å².